The minimum atomic E-state index is -0.191. The van der Waals surface area contributed by atoms with Gasteiger partial charge in [0.05, 0.1) is 23.1 Å². The molecule has 0 saturated heterocycles. The minimum absolute atomic E-state index is 0.191. The predicted molar refractivity (Wildman–Crippen MR) is 77.3 cm³/mol. The number of nitrogens with one attached hydrogen (secondary N) is 1. The van der Waals surface area contributed by atoms with E-state index in [9.17, 15) is 4.79 Å². The first-order valence-electron chi connectivity index (χ1n) is 6.08. The fraction of sp³-hybridized carbons (Fsp3) is 0.200. The monoisotopic (exact) mass is 255 g/mol. The van der Waals surface area contributed by atoms with Crippen molar-refractivity contribution in [2.45, 2.75) is 20.8 Å². The number of hydrogen-bond acceptors (Lipinski definition) is 3. The van der Waals surface area contributed by atoms with Crippen LogP contribution in [0.15, 0.2) is 30.5 Å². The van der Waals surface area contributed by atoms with Crippen molar-refractivity contribution in [2.24, 2.45) is 0 Å². The van der Waals surface area contributed by atoms with Gasteiger partial charge in [-0.05, 0) is 38.5 Å². The summed E-state index contributed by atoms with van der Waals surface area (Å²) in [7, 11) is 0. The molecule has 2 rings (SSSR count). The number of hydrogen-bond donors (Lipinski definition) is 2. The van der Waals surface area contributed by atoms with E-state index in [1.54, 1.807) is 19.2 Å². The Labute approximate surface area is 112 Å². The van der Waals surface area contributed by atoms with Gasteiger partial charge in [-0.25, -0.2) is 0 Å². The summed E-state index contributed by atoms with van der Waals surface area (Å²) in [5, 5.41) is 2.89. The van der Waals surface area contributed by atoms with Gasteiger partial charge in [-0.2, -0.15) is 0 Å². The van der Waals surface area contributed by atoms with Crippen LogP contribution in [0.4, 0.5) is 11.4 Å². The highest BCUT2D eigenvalue weighted by molar-refractivity contribution is 6.05. The maximum absolute atomic E-state index is 12.2. The summed E-state index contributed by atoms with van der Waals surface area (Å²) in [6.07, 6.45) is 1.54. The molecule has 4 nitrogen and oxygen atoms in total. The van der Waals surface area contributed by atoms with Crippen LogP contribution in [-0.2, 0) is 0 Å². The van der Waals surface area contributed by atoms with Gasteiger partial charge >= 0.3 is 0 Å². The van der Waals surface area contributed by atoms with E-state index in [2.05, 4.69) is 10.3 Å². The minimum Gasteiger partial charge on any atom is -0.397 e. The Morgan fingerprint density at radius 3 is 2.63 bits per heavy atom. The van der Waals surface area contributed by atoms with E-state index >= 15 is 0 Å². The van der Waals surface area contributed by atoms with E-state index in [-0.39, 0.29) is 5.91 Å². The Morgan fingerprint density at radius 2 is 1.95 bits per heavy atom. The van der Waals surface area contributed by atoms with Crippen molar-refractivity contribution >= 4 is 17.3 Å². The number of benzene rings is 1. The number of amides is 1. The van der Waals surface area contributed by atoms with Crippen LogP contribution in [0.2, 0.25) is 0 Å². The molecule has 0 atom stereocenters. The number of nitrogens with zero attached hydrogens (tertiary/aromatic N) is 1. The third kappa shape index (κ3) is 2.91. The first-order valence-corrected chi connectivity index (χ1v) is 6.08. The lowest BCUT2D eigenvalue weighted by Crippen LogP contribution is -2.15. The molecule has 0 radical (unpaired) electrons. The first kappa shape index (κ1) is 13.1. The van der Waals surface area contributed by atoms with E-state index in [0.29, 0.717) is 16.9 Å². The normalized spacial score (nSPS) is 10.3. The molecule has 1 aromatic heterocycles. The number of rotatable bonds is 2. The van der Waals surface area contributed by atoms with Gasteiger partial charge in [0.1, 0.15) is 0 Å². The zero-order valence-corrected chi connectivity index (χ0v) is 11.3. The molecule has 0 fully saturated rings. The molecular formula is C15H17N3O. The SMILES string of the molecule is Cc1ccc(NC(=O)c2cc(N)cnc2C)c(C)c1. The van der Waals surface area contributed by atoms with Crippen LogP contribution >= 0.6 is 0 Å². The summed E-state index contributed by atoms with van der Waals surface area (Å²) in [5.74, 6) is -0.191. The number of pyridine rings is 1. The lowest BCUT2D eigenvalue weighted by Gasteiger charge is -2.10. The molecule has 0 spiro atoms. The molecule has 0 unspecified atom stereocenters. The van der Waals surface area contributed by atoms with Gasteiger partial charge in [0.25, 0.3) is 5.91 Å². The third-order valence-corrected chi connectivity index (χ3v) is 2.98. The van der Waals surface area contributed by atoms with Crippen molar-refractivity contribution in [3.63, 3.8) is 0 Å². The van der Waals surface area contributed by atoms with Gasteiger partial charge in [-0.3, -0.25) is 9.78 Å². The van der Waals surface area contributed by atoms with Crippen LogP contribution in [-0.4, -0.2) is 10.9 Å². The van der Waals surface area contributed by atoms with Crippen LogP contribution in [0, 0.1) is 20.8 Å². The number of aryl methyl sites for hydroxylation is 3. The fourth-order valence-corrected chi connectivity index (χ4v) is 1.92. The third-order valence-electron chi connectivity index (χ3n) is 2.98. The Balaban J connectivity index is 2.28. The number of nitrogen functional groups attached to an aromatic ring is 1. The zero-order valence-electron chi connectivity index (χ0n) is 11.3. The average Bonchev–Trinajstić information content (AvgIpc) is 2.35. The van der Waals surface area contributed by atoms with Crippen LogP contribution in [0.3, 0.4) is 0 Å². The molecule has 0 aliphatic heterocycles. The maximum atomic E-state index is 12.2. The Bertz CT molecular complexity index is 635. The highest BCUT2D eigenvalue weighted by atomic mass is 16.1. The number of aromatic nitrogens is 1. The zero-order chi connectivity index (χ0) is 14.0. The summed E-state index contributed by atoms with van der Waals surface area (Å²) in [6.45, 7) is 5.77. The molecular weight excluding hydrogens is 238 g/mol. The summed E-state index contributed by atoms with van der Waals surface area (Å²) in [6, 6.07) is 7.53. The Morgan fingerprint density at radius 1 is 1.21 bits per heavy atom. The van der Waals surface area contributed by atoms with Crippen molar-refractivity contribution in [3.05, 3.63) is 52.8 Å². The Kier molecular flexibility index (Phi) is 3.51. The van der Waals surface area contributed by atoms with Gasteiger partial charge in [-0.15, -0.1) is 0 Å². The molecule has 1 heterocycles. The van der Waals surface area contributed by atoms with Crippen molar-refractivity contribution in [2.75, 3.05) is 11.1 Å². The van der Waals surface area contributed by atoms with Crippen LogP contribution < -0.4 is 11.1 Å². The number of carbonyl (C=O) groups is 1. The lowest BCUT2D eigenvalue weighted by molar-refractivity contribution is 0.102. The van der Waals surface area contributed by atoms with E-state index in [0.717, 1.165) is 16.8 Å². The molecule has 2 aromatic rings. The molecule has 0 aliphatic rings. The van der Waals surface area contributed by atoms with Gasteiger partial charge in [-0.1, -0.05) is 17.7 Å². The summed E-state index contributed by atoms with van der Waals surface area (Å²) >= 11 is 0. The van der Waals surface area contributed by atoms with Crippen LogP contribution in [0.25, 0.3) is 0 Å². The molecule has 4 heteroatoms. The number of anilines is 2. The van der Waals surface area contributed by atoms with Crippen molar-refractivity contribution in [1.29, 1.82) is 0 Å². The summed E-state index contributed by atoms with van der Waals surface area (Å²) < 4.78 is 0. The quantitative estimate of drug-likeness (QED) is 0.867. The maximum Gasteiger partial charge on any atom is 0.257 e. The summed E-state index contributed by atoms with van der Waals surface area (Å²) in [4.78, 5) is 16.3. The predicted octanol–water partition coefficient (Wildman–Crippen LogP) is 2.84. The standard InChI is InChI=1S/C15H17N3O/c1-9-4-5-14(10(2)6-9)18-15(19)13-7-12(16)8-17-11(13)3/h4-8H,16H2,1-3H3,(H,18,19). The van der Waals surface area contributed by atoms with Crippen LogP contribution in [0.5, 0.6) is 0 Å². The van der Waals surface area contributed by atoms with E-state index in [1.165, 1.54) is 0 Å². The van der Waals surface area contributed by atoms with Gasteiger partial charge in [0, 0.05) is 5.69 Å². The molecule has 1 amide bonds. The molecule has 19 heavy (non-hydrogen) atoms. The smallest absolute Gasteiger partial charge is 0.257 e. The van der Waals surface area contributed by atoms with E-state index < -0.39 is 0 Å². The second-order valence-corrected chi connectivity index (χ2v) is 4.67. The number of carbonyl (C=O) groups excluding carboxylic acids is 1. The molecule has 98 valence electrons. The highest BCUT2D eigenvalue weighted by Gasteiger charge is 2.11. The molecule has 0 aliphatic carbocycles. The van der Waals surface area contributed by atoms with Gasteiger partial charge < -0.3 is 11.1 Å². The molecule has 0 bridgehead atoms. The summed E-state index contributed by atoms with van der Waals surface area (Å²) in [5.41, 5.74) is 10.3. The molecule has 3 N–H and O–H groups in total. The molecule has 1 aromatic carbocycles. The Hall–Kier alpha value is -2.36. The highest BCUT2D eigenvalue weighted by Crippen LogP contribution is 2.18. The average molecular weight is 255 g/mol. The lowest BCUT2D eigenvalue weighted by atomic mass is 10.1. The largest absolute Gasteiger partial charge is 0.397 e. The van der Waals surface area contributed by atoms with Gasteiger partial charge in [0.15, 0.2) is 0 Å². The van der Waals surface area contributed by atoms with Crippen molar-refractivity contribution in [3.8, 4) is 0 Å². The second-order valence-electron chi connectivity index (χ2n) is 4.67. The van der Waals surface area contributed by atoms with Crippen molar-refractivity contribution in [1.82, 2.24) is 4.98 Å². The number of nitrogens with two attached hydrogens (primary N) is 1. The second kappa shape index (κ2) is 5.10. The topological polar surface area (TPSA) is 68.0 Å². The fourth-order valence-electron chi connectivity index (χ4n) is 1.92. The first-order chi connectivity index (χ1) is 8.97. The molecule has 0 saturated carbocycles. The van der Waals surface area contributed by atoms with E-state index in [1.807, 2.05) is 32.0 Å². The van der Waals surface area contributed by atoms with Crippen LogP contribution in [0.1, 0.15) is 27.2 Å². The van der Waals surface area contributed by atoms with Gasteiger partial charge in [0.2, 0.25) is 0 Å². The van der Waals surface area contributed by atoms with Crippen molar-refractivity contribution < 1.29 is 4.79 Å². The van der Waals surface area contributed by atoms with E-state index in [4.69, 9.17) is 5.73 Å².